The largest absolute Gasteiger partial charge is 0.355 e. The van der Waals surface area contributed by atoms with Crippen molar-refractivity contribution in [1.82, 2.24) is 10.6 Å². The highest BCUT2D eigenvalue weighted by molar-refractivity contribution is 7.92. The van der Waals surface area contributed by atoms with E-state index in [9.17, 15) is 8.42 Å². The van der Waals surface area contributed by atoms with Gasteiger partial charge in [0.2, 0.25) is 0 Å². The number of unbranched alkanes of at least 4 members (excludes halogenated alkanes) is 3. The molecule has 0 aromatic heterocycles. The average Bonchev–Trinajstić information content (AvgIpc) is 2.38. The van der Waals surface area contributed by atoms with Crippen molar-refractivity contribution in [1.29, 1.82) is 0 Å². The summed E-state index contributed by atoms with van der Waals surface area (Å²) in [4.78, 5) is 4.16. The summed E-state index contributed by atoms with van der Waals surface area (Å²) in [6.45, 7) is 8.11. The first-order chi connectivity index (χ1) is 9.64. The minimum Gasteiger partial charge on any atom is -0.355 e. The minimum atomic E-state index is -3.10. The van der Waals surface area contributed by atoms with Crippen molar-refractivity contribution < 1.29 is 8.42 Å². The lowest BCUT2D eigenvalue weighted by Gasteiger charge is -2.25. The molecule has 1 unspecified atom stereocenters. The van der Waals surface area contributed by atoms with E-state index in [4.69, 9.17) is 0 Å². The van der Waals surface area contributed by atoms with Crippen LogP contribution in [0.3, 0.4) is 0 Å². The maximum atomic E-state index is 11.7. The molecule has 0 aliphatic heterocycles. The number of hydrogen-bond donors (Lipinski definition) is 2. The summed E-state index contributed by atoms with van der Waals surface area (Å²) in [5.41, 5.74) is 0. The Morgan fingerprint density at radius 1 is 1.24 bits per heavy atom. The van der Waals surface area contributed by atoms with Gasteiger partial charge in [0.05, 0.1) is 4.75 Å². The van der Waals surface area contributed by atoms with Gasteiger partial charge in [0.15, 0.2) is 15.8 Å². The quantitative estimate of drug-likeness (QED) is 0.389. The first kappa shape index (κ1) is 20.2. The standard InChI is InChI=1S/C15H33N3O2S/c1-7-8-9-10-11-13(2)18-14(16-5)17-12-15(3,4)21(6,19)20/h13H,7-12H2,1-6H3,(H2,16,17,18). The van der Waals surface area contributed by atoms with E-state index in [2.05, 4.69) is 29.5 Å². The van der Waals surface area contributed by atoms with Crippen molar-refractivity contribution in [2.45, 2.75) is 70.6 Å². The van der Waals surface area contributed by atoms with E-state index in [0.29, 0.717) is 18.5 Å². The molecule has 1 atom stereocenters. The number of guanidine groups is 1. The zero-order chi connectivity index (χ0) is 16.5. The molecule has 0 aliphatic rings. The minimum absolute atomic E-state index is 0.328. The first-order valence-electron chi connectivity index (χ1n) is 7.81. The Hall–Kier alpha value is -0.780. The van der Waals surface area contributed by atoms with Gasteiger partial charge in [-0.1, -0.05) is 32.6 Å². The van der Waals surface area contributed by atoms with Gasteiger partial charge in [-0.3, -0.25) is 4.99 Å². The Kier molecular flexibility index (Phi) is 8.94. The summed E-state index contributed by atoms with van der Waals surface area (Å²) in [6, 6.07) is 0.328. The summed E-state index contributed by atoms with van der Waals surface area (Å²) < 4.78 is 22.5. The normalized spacial score (nSPS) is 14.9. The summed E-state index contributed by atoms with van der Waals surface area (Å²) in [5, 5.41) is 6.42. The van der Waals surface area contributed by atoms with Crippen LogP contribution >= 0.6 is 0 Å². The van der Waals surface area contributed by atoms with Crippen LogP contribution in [0.15, 0.2) is 4.99 Å². The summed E-state index contributed by atoms with van der Waals surface area (Å²) in [6.07, 6.45) is 7.34. The molecule has 6 heteroatoms. The third-order valence-corrected chi connectivity index (χ3v) is 5.93. The molecule has 0 heterocycles. The molecule has 2 N–H and O–H groups in total. The number of hydrogen-bond acceptors (Lipinski definition) is 3. The SMILES string of the molecule is CCCCCCC(C)NC(=NC)NCC(C)(C)S(C)(=O)=O. The van der Waals surface area contributed by atoms with E-state index in [0.717, 1.165) is 6.42 Å². The predicted molar refractivity (Wildman–Crippen MR) is 91.6 cm³/mol. The van der Waals surface area contributed by atoms with Gasteiger partial charge < -0.3 is 10.6 Å². The highest BCUT2D eigenvalue weighted by Gasteiger charge is 2.30. The first-order valence-corrected chi connectivity index (χ1v) is 9.70. The van der Waals surface area contributed by atoms with Crippen LogP contribution in [0.1, 0.15) is 59.8 Å². The fraction of sp³-hybridized carbons (Fsp3) is 0.933. The van der Waals surface area contributed by atoms with Gasteiger partial charge in [-0.15, -0.1) is 0 Å². The summed E-state index contributed by atoms with van der Waals surface area (Å²) in [5.74, 6) is 0.662. The molecule has 0 amide bonds. The van der Waals surface area contributed by atoms with Gasteiger partial charge in [0.1, 0.15) is 0 Å². The third kappa shape index (κ3) is 8.29. The van der Waals surface area contributed by atoms with Gasteiger partial charge in [-0.2, -0.15) is 0 Å². The van der Waals surface area contributed by atoms with Crippen LogP contribution in [0.25, 0.3) is 0 Å². The Morgan fingerprint density at radius 2 is 1.86 bits per heavy atom. The van der Waals surface area contributed by atoms with Gasteiger partial charge >= 0.3 is 0 Å². The van der Waals surface area contributed by atoms with Gasteiger partial charge in [0, 0.05) is 25.9 Å². The fourth-order valence-electron chi connectivity index (χ4n) is 1.81. The molecule has 0 radical (unpaired) electrons. The van der Waals surface area contributed by atoms with Crippen LogP contribution < -0.4 is 10.6 Å². The second-order valence-electron chi connectivity index (χ2n) is 6.35. The van der Waals surface area contributed by atoms with Gasteiger partial charge in [-0.25, -0.2) is 8.42 Å². The topological polar surface area (TPSA) is 70.6 Å². The highest BCUT2D eigenvalue weighted by atomic mass is 32.2. The van der Waals surface area contributed by atoms with E-state index in [-0.39, 0.29) is 0 Å². The number of rotatable bonds is 9. The Labute approximate surface area is 130 Å². The molecule has 0 aromatic rings. The maximum Gasteiger partial charge on any atom is 0.191 e. The number of nitrogens with zero attached hydrogens (tertiary/aromatic N) is 1. The second-order valence-corrected chi connectivity index (χ2v) is 9.00. The third-order valence-electron chi connectivity index (χ3n) is 3.78. The van der Waals surface area contributed by atoms with Crippen LogP contribution in [0.2, 0.25) is 0 Å². The molecule has 0 saturated heterocycles. The molecule has 0 bridgehead atoms. The molecule has 5 nitrogen and oxygen atoms in total. The van der Waals surface area contributed by atoms with Crippen molar-refractivity contribution in [3.05, 3.63) is 0 Å². The summed E-state index contributed by atoms with van der Waals surface area (Å²) in [7, 11) is -1.40. The maximum absolute atomic E-state index is 11.7. The zero-order valence-corrected chi connectivity index (χ0v) is 15.3. The Morgan fingerprint density at radius 3 is 2.33 bits per heavy atom. The van der Waals surface area contributed by atoms with Crippen molar-refractivity contribution >= 4 is 15.8 Å². The van der Waals surface area contributed by atoms with E-state index in [1.54, 1.807) is 20.9 Å². The lowest BCUT2D eigenvalue weighted by Crippen LogP contribution is -2.49. The molecule has 0 rings (SSSR count). The van der Waals surface area contributed by atoms with E-state index in [1.807, 2.05) is 0 Å². The number of aliphatic imine (C=N–C) groups is 1. The number of nitrogens with one attached hydrogen (secondary N) is 2. The van der Waals surface area contributed by atoms with Gasteiger partial charge in [0.25, 0.3) is 0 Å². The molecule has 0 spiro atoms. The van der Waals surface area contributed by atoms with E-state index >= 15 is 0 Å². The van der Waals surface area contributed by atoms with Crippen molar-refractivity contribution in [3.63, 3.8) is 0 Å². The molecular weight excluding hydrogens is 286 g/mol. The number of sulfone groups is 1. The zero-order valence-electron chi connectivity index (χ0n) is 14.5. The van der Waals surface area contributed by atoms with Gasteiger partial charge in [-0.05, 0) is 27.2 Å². The monoisotopic (exact) mass is 319 g/mol. The van der Waals surface area contributed by atoms with Crippen LogP contribution in [0.5, 0.6) is 0 Å². The lowest BCUT2D eigenvalue weighted by molar-refractivity contribution is 0.525. The summed E-state index contributed by atoms with van der Waals surface area (Å²) >= 11 is 0. The molecule has 21 heavy (non-hydrogen) atoms. The van der Waals surface area contributed by atoms with E-state index in [1.165, 1.54) is 31.9 Å². The molecule has 0 aliphatic carbocycles. The fourth-order valence-corrected chi connectivity index (χ4v) is 2.14. The molecule has 0 saturated carbocycles. The Balaban J connectivity index is 4.24. The Bertz CT molecular complexity index is 417. The lowest BCUT2D eigenvalue weighted by atomic mass is 10.1. The molecule has 126 valence electrons. The highest BCUT2D eigenvalue weighted by Crippen LogP contribution is 2.13. The molecular formula is C15H33N3O2S. The molecule has 0 aromatic carbocycles. The smallest absolute Gasteiger partial charge is 0.191 e. The predicted octanol–water partition coefficient (Wildman–Crippen LogP) is 2.33. The van der Waals surface area contributed by atoms with Crippen LogP contribution in [-0.2, 0) is 9.84 Å². The van der Waals surface area contributed by atoms with Crippen molar-refractivity contribution in [3.8, 4) is 0 Å². The van der Waals surface area contributed by atoms with Crippen molar-refractivity contribution in [2.75, 3.05) is 19.8 Å². The van der Waals surface area contributed by atoms with Crippen LogP contribution in [0, 0.1) is 0 Å². The van der Waals surface area contributed by atoms with Crippen molar-refractivity contribution in [2.24, 2.45) is 4.99 Å². The molecule has 0 fully saturated rings. The second kappa shape index (κ2) is 9.28. The van der Waals surface area contributed by atoms with Crippen LogP contribution in [-0.4, -0.2) is 45.0 Å². The average molecular weight is 320 g/mol. The van der Waals surface area contributed by atoms with Crippen LogP contribution in [0.4, 0.5) is 0 Å². The van der Waals surface area contributed by atoms with E-state index < -0.39 is 14.6 Å².